The Morgan fingerprint density at radius 2 is 1.97 bits per heavy atom. The summed E-state index contributed by atoms with van der Waals surface area (Å²) in [5.74, 6) is 0.986. The Balaban J connectivity index is 1.59. The SMILES string of the molecule is C/C(OCc1ccccc1)=C(\N=C(N(C)C=O)N1CCCCS1=O)C(=O)NCC1=NCc2ccccc2N1. The van der Waals surface area contributed by atoms with Crippen molar-refractivity contribution in [2.75, 3.05) is 31.2 Å². The summed E-state index contributed by atoms with van der Waals surface area (Å²) in [5.41, 5.74) is 2.95. The summed E-state index contributed by atoms with van der Waals surface area (Å²) >= 11 is 0. The van der Waals surface area contributed by atoms with Gasteiger partial charge in [0.15, 0.2) is 5.70 Å². The third kappa shape index (κ3) is 6.86. The highest BCUT2D eigenvalue weighted by atomic mass is 32.2. The van der Waals surface area contributed by atoms with Gasteiger partial charge >= 0.3 is 0 Å². The maximum absolute atomic E-state index is 13.5. The zero-order valence-electron chi connectivity index (χ0n) is 21.6. The molecule has 4 rings (SSSR count). The number of amidine groups is 1. The Bertz CT molecular complexity index is 1280. The zero-order valence-corrected chi connectivity index (χ0v) is 22.4. The average molecular weight is 537 g/mol. The molecule has 0 bridgehead atoms. The van der Waals surface area contributed by atoms with Gasteiger partial charge < -0.3 is 15.4 Å². The molecule has 1 atom stereocenters. The van der Waals surface area contributed by atoms with Gasteiger partial charge in [-0.3, -0.25) is 23.8 Å². The van der Waals surface area contributed by atoms with Crippen molar-refractivity contribution in [2.45, 2.75) is 32.9 Å². The van der Waals surface area contributed by atoms with Gasteiger partial charge in [0.1, 0.15) is 29.2 Å². The molecule has 2 aliphatic heterocycles. The second-order valence-electron chi connectivity index (χ2n) is 8.87. The first-order valence-electron chi connectivity index (χ1n) is 12.4. The molecule has 0 aromatic heterocycles. The highest BCUT2D eigenvalue weighted by molar-refractivity contribution is 7.83. The fraction of sp³-hybridized carbons (Fsp3) is 0.333. The number of fused-ring (bicyclic) bond motifs is 1. The number of carbonyl (C=O) groups excluding carboxylic acids is 2. The van der Waals surface area contributed by atoms with Crippen LogP contribution in [0.15, 0.2) is 76.0 Å². The van der Waals surface area contributed by atoms with Crippen LogP contribution in [0, 0.1) is 0 Å². The van der Waals surface area contributed by atoms with Crippen LogP contribution < -0.4 is 10.6 Å². The number of allylic oxidation sites excluding steroid dienone is 1. The smallest absolute Gasteiger partial charge is 0.273 e. The number of hydrogen-bond acceptors (Lipinski definition) is 7. The molecular weight excluding hydrogens is 504 g/mol. The summed E-state index contributed by atoms with van der Waals surface area (Å²) in [7, 11) is 0.162. The number of benzene rings is 2. The average Bonchev–Trinajstić information content (AvgIpc) is 2.96. The largest absolute Gasteiger partial charge is 0.491 e. The minimum absolute atomic E-state index is 0.0102. The van der Waals surface area contributed by atoms with E-state index in [0.29, 0.717) is 31.1 Å². The fourth-order valence-electron chi connectivity index (χ4n) is 3.97. The molecule has 2 aliphatic rings. The number of nitrogens with one attached hydrogen (secondary N) is 2. The van der Waals surface area contributed by atoms with Crippen LogP contribution in [0.1, 0.15) is 30.9 Å². The van der Waals surface area contributed by atoms with E-state index in [4.69, 9.17) is 4.74 Å². The van der Waals surface area contributed by atoms with Crippen molar-refractivity contribution in [1.82, 2.24) is 14.5 Å². The molecule has 1 unspecified atom stereocenters. The van der Waals surface area contributed by atoms with Crippen LogP contribution in [0.2, 0.25) is 0 Å². The Kier molecular flexibility index (Phi) is 9.26. The van der Waals surface area contributed by atoms with E-state index < -0.39 is 16.9 Å². The fourth-order valence-corrected chi connectivity index (χ4v) is 5.32. The molecule has 0 spiro atoms. The molecule has 10 nitrogen and oxygen atoms in total. The summed E-state index contributed by atoms with van der Waals surface area (Å²) < 4.78 is 20.3. The van der Waals surface area contributed by atoms with Crippen LogP contribution in [0.4, 0.5) is 5.69 Å². The standard InChI is InChI=1S/C27H32N6O4S/c1-20(37-18-21-10-4-3-5-11-21)25(31-27(32(2)19-34)33-14-8-9-15-38(33)36)26(35)29-17-24-28-16-22-12-6-7-13-23(22)30-24/h3-7,10-13,19H,8-9,14-18H2,1-2H3,(H,28,30)(H,29,35)/b25-20+,31-27?. The minimum Gasteiger partial charge on any atom is -0.491 e. The number of anilines is 1. The number of hydrogen-bond donors (Lipinski definition) is 2. The molecular formula is C27H32N6O4S. The first kappa shape index (κ1) is 27.1. The third-order valence-electron chi connectivity index (χ3n) is 6.08. The van der Waals surface area contributed by atoms with Crippen LogP contribution in [0.5, 0.6) is 0 Å². The summed E-state index contributed by atoms with van der Waals surface area (Å²) in [6.07, 6.45) is 2.21. The summed E-state index contributed by atoms with van der Waals surface area (Å²) in [4.78, 5) is 35.5. The van der Waals surface area contributed by atoms with E-state index in [1.165, 1.54) is 11.9 Å². The Hall–Kier alpha value is -3.99. The lowest BCUT2D eigenvalue weighted by molar-refractivity contribution is -0.117. The van der Waals surface area contributed by atoms with Crippen molar-refractivity contribution >= 4 is 40.8 Å². The number of amides is 2. The molecule has 200 valence electrons. The van der Waals surface area contributed by atoms with Gasteiger partial charge in [0.2, 0.25) is 12.4 Å². The van der Waals surface area contributed by atoms with Crippen molar-refractivity contribution in [2.24, 2.45) is 9.98 Å². The maximum Gasteiger partial charge on any atom is 0.273 e. The quantitative estimate of drug-likeness (QED) is 0.177. The van der Waals surface area contributed by atoms with Gasteiger partial charge in [-0.1, -0.05) is 48.5 Å². The van der Waals surface area contributed by atoms with Gasteiger partial charge in [0.25, 0.3) is 5.91 Å². The van der Waals surface area contributed by atoms with Crippen LogP contribution in [-0.4, -0.2) is 63.4 Å². The molecule has 2 heterocycles. The molecule has 2 N–H and O–H groups in total. The number of nitrogens with zero attached hydrogens (tertiary/aromatic N) is 4. The van der Waals surface area contributed by atoms with E-state index in [-0.39, 0.29) is 30.6 Å². The van der Waals surface area contributed by atoms with E-state index in [0.717, 1.165) is 29.7 Å². The van der Waals surface area contributed by atoms with E-state index in [1.807, 2.05) is 54.6 Å². The maximum atomic E-state index is 13.5. The molecule has 1 saturated heterocycles. The van der Waals surface area contributed by atoms with E-state index in [2.05, 4.69) is 20.6 Å². The Morgan fingerprint density at radius 1 is 1.21 bits per heavy atom. The molecule has 11 heteroatoms. The predicted molar refractivity (Wildman–Crippen MR) is 148 cm³/mol. The minimum atomic E-state index is -1.36. The Labute approximate surface area is 225 Å². The molecule has 2 amide bonds. The second kappa shape index (κ2) is 13.0. The molecule has 2 aromatic carbocycles. The highest BCUT2D eigenvalue weighted by Gasteiger charge is 2.27. The third-order valence-corrected chi connectivity index (χ3v) is 7.56. The van der Waals surface area contributed by atoms with Gasteiger partial charge in [0, 0.05) is 25.0 Å². The second-order valence-corrected chi connectivity index (χ2v) is 10.4. The highest BCUT2D eigenvalue weighted by Crippen LogP contribution is 2.20. The number of para-hydroxylation sites is 1. The topological polar surface area (TPSA) is 116 Å². The first-order chi connectivity index (χ1) is 18.5. The molecule has 0 aliphatic carbocycles. The van der Waals surface area contributed by atoms with Crippen LogP contribution in [-0.2, 0) is 38.5 Å². The number of carbonyl (C=O) groups is 2. The van der Waals surface area contributed by atoms with Crippen molar-refractivity contribution in [3.05, 3.63) is 77.2 Å². The van der Waals surface area contributed by atoms with Crippen LogP contribution >= 0.6 is 0 Å². The lowest BCUT2D eigenvalue weighted by Crippen LogP contribution is -2.46. The Morgan fingerprint density at radius 3 is 2.74 bits per heavy atom. The summed E-state index contributed by atoms with van der Waals surface area (Å²) in [6.45, 7) is 3.01. The van der Waals surface area contributed by atoms with Crippen LogP contribution in [0.25, 0.3) is 0 Å². The summed E-state index contributed by atoms with van der Waals surface area (Å²) in [6, 6.07) is 17.4. The van der Waals surface area contributed by atoms with Gasteiger partial charge in [-0.25, -0.2) is 9.20 Å². The first-order valence-corrected chi connectivity index (χ1v) is 13.7. The number of aliphatic imine (C=N–C) groups is 2. The van der Waals surface area contributed by atoms with Crippen molar-refractivity contribution < 1.29 is 18.5 Å². The molecule has 0 saturated carbocycles. The monoisotopic (exact) mass is 536 g/mol. The van der Waals surface area contributed by atoms with Gasteiger partial charge in [-0.15, -0.1) is 0 Å². The number of ether oxygens (including phenoxy) is 1. The van der Waals surface area contributed by atoms with Crippen molar-refractivity contribution in [3.63, 3.8) is 0 Å². The van der Waals surface area contributed by atoms with E-state index >= 15 is 0 Å². The molecule has 1 fully saturated rings. The lowest BCUT2D eigenvalue weighted by Gasteiger charge is -2.31. The molecule has 2 aromatic rings. The molecule has 0 radical (unpaired) electrons. The normalized spacial score (nSPS) is 17.8. The predicted octanol–water partition coefficient (Wildman–Crippen LogP) is 2.78. The van der Waals surface area contributed by atoms with Gasteiger partial charge in [0.05, 0.1) is 13.1 Å². The van der Waals surface area contributed by atoms with Crippen molar-refractivity contribution in [3.8, 4) is 0 Å². The van der Waals surface area contributed by atoms with E-state index in [1.54, 1.807) is 11.2 Å². The number of rotatable bonds is 8. The van der Waals surface area contributed by atoms with E-state index in [9.17, 15) is 13.8 Å². The zero-order chi connectivity index (χ0) is 26.9. The van der Waals surface area contributed by atoms with Gasteiger partial charge in [-0.05, 0) is 37.0 Å². The summed E-state index contributed by atoms with van der Waals surface area (Å²) in [5, 5.41) is 6.10. The lowest BCUT2D eigenvalue weighted by atomic mass is 10.1. The van der Waals surface area contributed by atoms with Crippen molar-refractivity contribution in [1.29, 1.82) is 0 Å². The van der Waals surface area contributed by atoms with Crippen LogP contribution in [0.3, 0.4) is 0 Å². The van der Waals surface area contributed by atoms with Gasteiger partial charge in [-0.2, -0.15) is 0 Å². The molecule has 38 heavy (non-hydrogen) atoms. The number of guanidine groups is 1.